The van der Waals surface area contributed by atoms with Crippen LogP contribution < -0.4 is 0 Å². The van der Waals surface area contributed by atoms with Crippen molar-refractivity contribution < 1.29 is 14.3 Å². The fourth-order valence-corrected chi connectivity index (χ4v) is 2.76. The average Bonchev–Trinajstić information content (AvgIpc) is 2.76. The van der Waals surface area contributed by atoms with Crippen LogP contribution >= 0.6 is 0 Å². The van der Waals surface area contributed by atoms with Gasteiger partial charge < -0.3 is 9.52 Å². The van der Waals surface area contributed by atoms with Crippen molar-refractivity contribution in [2.24, 2.45) is 11.8 Å². The van der Waals surface area contributed by atoms with Crippen LogP contribution in [0, 0.1) is 11.8 Å². The molecular weight excluding hydrogens is 244 g/mol. The fraction of sp³-hybridized carbons (Fsp3) is 0.786. The monoisotopic (exact) mass is 266 g/mol. The van der Waals surface area contributed by atoms with Crippen molar-refractivity contribution in [1.29, 1.82) is 0 Å². The molecule has 1 unspecified atom stereocenters. The maximum Gasteiger partial charge on any atom is 0.303 e. The van der Waals surface area contributed by atoms with Crippen LogP contribution in [0.25, 0.3) is 0 Å². The van der Waals surface area contributed by atoms with Crippen molar-refractivity contribution in [3.63, 3.8) is 0 Å². The van der Waals surface area contributed by atoms with Gasteiger partial charge in [0.2, 0.25) is 11.8 Å². The van der Waals surface area contributed by atoms with Crippen LogP contribution in [0.2, 0.25) is 0 Å². The topological polar surface area (TPSA) is 76.2 Å². The molecule has 1 fully saturated rings. The van der Waals surface area contributed by atoms with Crippen LogP contribution in [-0.2, 0) is 17.6 Å². The van der Waals surface area contributed by atoms with Gasteiger partial charge in [0.05, 0.1) is 0 Å². The van der Waals surface area contributed by atoms with E-state index < -0.39 is 5.97 Å². The summed E-state index contributed by atoms with van der Waals surface area (Å²) in [5.74, 6) is 1.21. The predicted molar refractivity (Wildman–Crippen MR) is 69.7 cm³/mol. The van der Waals surface area contributed by atoms with Gasteiger partial charge in [-0.05, 0) is 24.7 Å². The number of aliphatic carboxylic acids is 1. The smallest absolute Gasteiger partial charge is 0.303 e. The number of rotatable bonds is 6. The van der Waals surface area contributed by atoms with E-state index in [9.17, 15) is 4.79 Å². The number of carbonyl (C=O) groups is 1. The van der Waals surface area contributed by atoms with E-state index in [4.69, 9.17) is 9.52 Å². The van der Waals surface area contributed by atoms with Crippen molar-refractivity contribution in [1.82, 2.24) is 10.2 Å². The molecule has 0 aromatic carbocycles. The zero-order valence-corrected chi connectivity index (χ0v) is 11.5. The molecule has 0 bridgehead atoms. The lowest BCUT2D eigenvalue weighted by Gasteiger charge is -2.19. The Labute approximate surface area is 113 Å². The summed E-state index contributed by atoms with van der Waals surface area (Å²) in [5, 5.41) is 16.8. The summed E-state index contributed by atoms with van der Waals surface area (Å²) in [5.41, 5.74) is 0. The summed E-state index contributed by atoms with van der Waals surface area (Å²) in [4.78, 5) is 10.6. The molecule has 1 aliphatic carbocycles. The number of hydrogen-bond donors (Lipinski definition) is 1. The van der Waals surface area contributed by atoms with Gasteiger partial charge in [-0.15, -0.1) is 10.2 Å². The number of carboxylic acids is 1. The third kappa shape index (κ3) is 4.65. The first kappa shape index (κ1) is 14.0. The normalized spacial score (nSPS) is 18.4. The summed E-state index contributed by atoms with van der Waals surface area (Å²) in [6.45, 7) is 1.89. The molecule has 5 heteroatoms. The first-order chi connectivity index (χ1) is 9.13. The average molecular weight is 266 g/mol. The molecule has 1 aliphatic rings. The Hall–Kier alpha value is -1.39. The molecule has 0 spiro atoms. The summed E-state index contributed by atoms with van der Waals surface area (Å²) < 4.78 is 5.62. The molecule has 5 nitrogen and oxygen atoms in total. The van der Waals surface area contributed by atoms with E-state index in [2.05, 4.69) is 10.2 Å². The van der Waals surface area contributed by atoms with Gasteiger partial charge in [0.25, 0.3) is 0 Å². The molecular formula is C14H22N2O3. The lowest BCUT2D eigenvalue weighted by Crippen LogP contribution is -2.09. The molecule has 0 aliphatic heterocycles. The van der Waals surface area contributed by atoms with Crippen LogP contribution in [0.15, 0.2) is 4.42 Å². The molecule has 19 heavy (non-hydrogen) atoms. The van der Waals surface area contributed by atoms with Gasteiger partial charge in [-0.3, -0.25) is 4.79 Å². The first-order valence-electron chi connectivity index (χ1n) is 7.16. The zero-order chi connectivity index (χ0) is 13.7. The minimum atomic E-state index is -0.783. The molecule has 1 N–H and O–H groups in total. The lowest BCUT2D eigenvalue weighted by molar-refractivity contribution is -0.137. The highest BCUT2D eigenvalue weighted by Crippen LogP contribution is 2.26. The second kappa shape index (κ2) is 6.68. The van der Waals surface area contributed by atoms with Gasteiger partial charge in [0.15, 0.2) is 0 Å². The molecule has 0 saturated heterocycles. The van der Waals surface area contributed by atoms with E-state index in [0.29, 0.717) is 24.1 Å². The van der Waals surface area contributed by atoms with Crippen molar-refractivity contribution in [2.45, 2.75) is 58.3 Å². The SMILES string of the molecule is CC(CC(=O)O)Cc1nnc(CC2CCCCC2)o1. The number of nitrogens with zero attached hydrogens (tertiary/aromatic N) is 2. The minimum absolute atomic E-state index is 0.0282. The Kier molecular flexibility index (Phi) is 4.93. The highest BCUT2D eigenvalue weighted by atomic mass is 16.4. The van der Waals surface area contributed by atoms with Crippen molar-refractivity contribution in [3.05, 3.63) is 11.8 Å². The van der Waals surface area contributed by atoms with Gasteiger partial charge >= 0.3 is 5.97 Å². The Morgan fingerprint density at radius 1 is 1.32 bits per heavy atom. The molecule has 0 radical (unpaired) electrons. The Morgan fingerprint density at radius 2 is 2.00 bits per heavy atom. The summed E-state index contributed by atoms with van der Waals surface area (Å²) >= 11 is 0. The highest BCUT2D eigenvalue weighted by molar-refractivity contribution is 5.66. The highest BCUT2D eigenvalue weighted by Gasteiger charge is 2.18. The molecule has 1 saturated carbocycles. The molecule has 2 rings (SSSR count). The van der Waals surface area contributed by atoms with Gasteiger partial charge in [-0.2, -0.15) is 0 Å². The molecule has 1 atom stereocenters. The Morgan fingerprint density at radius 3 is 2.68 bits per heavy atom. The lowest BCUT2D eigenvalue weighted by atomic mass is 9.87. The van der Waals surface area contributed by atoms with E-state index in [1.54, 1.807) is 0 Å². The van der Waals surface area contributed by atoms with E-state index in [1.165, 1.54) is 32.1 Å². The van der Waals surface area contributed by atoms with Crippen LogP contribution in [0.3, 0.4) is 0 Å². The van der Waals surface area contributed by atoms with Crippen molar-refractivity contribution in [3.8, 4) is 0 Å². The van der Waals surface area contributed by atoms with Crippen LogP contribution in [-0.4, -0.2) is 21.3 Å². The summed E-state index contributed by atoms with van der Waals surface area (Å²) in [6, 6.07) is 0. The van der Waals surface area contributed by atoms with Crippen LogP contribution in [0.4, 0.5) is 0 Å². The Balaban J connectivity index is 1.82. The summed E-state index contributed by atoms with van der Waals surface area (Å²) in [6.07, 6.45) is 8.03. The second-order valence-electron chi connectivity index (χ2n) is 5.70. The Bertz CT molecular complexity index is 411. The van der Waals surface area contributed by atoms with E-state index in [0.717, 1.165) is 6.42 Å². The van der Waals surface area contributed by atoms with Crippen molar-refractivity contribution in [2.75, 3.05) is 0 Å². The second-order valence-corrected chi connectivity index (χ2v) is 5.70. The van der Waals surface area contributed by atoms with Gasteiger partial charge in [0, 0.05) is 19.3 Å². The maximum atomic E-state index is 10.6. The summed E-state index contributed by atoms with van der Waals surface area (Å²) in [7, 11) is 0. The molecule has 1 aromatic heterocycles. The first-order valence-corrected chi connectivity index (χ1v) is 7.16. The number of carboxylic acid groups (broad SMARTS) is 1. The zero-order valence-electron chi connectivity index (χ0n) is 11.5. The van der Waals surface area contributed by atoms with Crippen LogP contribution in [0.5, 0.6) is 0 Å². The predicted octanol–water partition coefficient (Wildman–Crippen LogP) is 2.85. The van der Waals surface area contributed by atoms with E-state index >= 15 is 0 Å². The van der Waals surface area contributed by atoms with Gasteiger partial charge in [-0.1, -0.05) is 26.2 Å². The quantitative estimate of drug-likeness (QED) is 0.856. The maximum absolute atomic E-state index is 10.6. The number of aromatic nitrogens is 2. The molecule has 106 valence electrons. The third-order valence-corrected chi connectivity index (χ3v) is 3.74. The van der Waals surface area contributed by atoms with Gasteiger partial charge in [0.1, 0.15) is 0 Å². The van der Waals surface area contributed by atoms with E-state index in [1.807, 2.05) is 6.92 Å². The number of hydrogen-bond acceptors (Lipinski definition) is 4. The van der Waals surface area contributed by atoms with Gasteiger partial charge in [-0.25, -0.2) is 0 Å². The fourth-order valence-electron chi connectivity index (χ4n) is 2.76. The van der Waals surface area contributed by atoms with Crippen molar-refractivity contribution >= 4 is 5.97 Å². The standard InChI is InChI=1S/C14H22N2O3/c1-10(8-14(17)18)7-12-15-16-13(19-12)9-11-5-3-2-4-6-11/h10-11H,2-9H2,1H3,(H,17,18). The molecule has 1 aromatic rings. The largest absolute Gasteiger partial charge is 0.481 e. The van der Waals surface area contributed by atoms with Crippen LogP contribution in [0.1, 0.15) is 57.2 Å². The third-order valence-electron chi connectivity index (χ3n) is 3.74. The molecule has 1 heterocycles. The van der Waals surface area contributed by atoms with E-state index in [-0.39, 0.29) is 12.3 Å². The molecule has 0 amide bonds. The minimum Gasteiger partial charge on any atom is -0.481 e.